The van der Waals surface area contributed by atoms with Gasteiger partial charge in [-0.15, -0.1) is 0 Å². The van der Waals surface area contributed by atoms with E-state index in [9.17, 15) is 0 Å². The summed E-state index contributed by atoms with van der Waals surface area (Å²) >= 11 is 0. The van der Waals surface area contributed by atoms with Gasteiger partial charge in [-0.05, 0) is 42.3 Å². The molecule has 0 saturated heterocycles. The van der Waals surface area contributed by atoms with Crippen molar-refractivity contribution in [1.29, 1.82) is 0 Å². The molecule has 21 heavy (non-hydrogen) atoms. The zero-order chi connectivity index (χ0) is 15.7. The van der Waals surface area contributed by atoms with Crippen molar-refractivity contribution in [3.8, 4) is 0 Å². The Morgan fingerprint density at radius 2 is 1.62 bits per heavy atom. The number of nitrogens with one attached hydrogen (secondary N) is 1. The Morgan fingerprint density at radius 1 is 0.952 bits per heavy atom. The third kappa shape index (κ3) is 7.13. The lowest BCUT2D eigenvalue weighted by molar-refractivity contribution is 0.456. The number of rotatable bonds is 9. The van der Waals surface area contributed by atoms with E-state index < -0.39 is 0 Å². The summed E-state index contributed by atoms with van der Waals surface area (Å²) < 4.78 is 0. The summed E-state index contributed by atoms with van der Waals surface area (Å²) in [6.45, 7) is 12.5. The molecule has 1 N–H and O–H groups in total. The molecule has 1 aromatic rings. The molecule has 0 amide bonds. The summed E-state index contributed by atoms with van der Waals surface area (Å²) in [5.41, 5.74) is 3.14. The molecule has 1 nitrogen and oxygen atoms in total. The molecular formula is C20H35N. The molecule has 0 spiro atoms. The van der Waals surface area contributed by atoms with Crippen molar-refractivity contribution in [2.75, 3.05) is 6.54 Å². The van der Waals surface area contributed by atoms with Crippen LogP contribution in [-0.2, 0) is 11.8 Å². The van der Waals surface area contributed by atoms with Gasteiger partial charge in [-0.3, -0.25) is 0 Å². The molecule has 0 saturated carbocycles. The van der Waals surface area contributed by atoms with E-state index in [0.29, 0.717) is 6.04 Å². The van der Waals surface area contributed by atoms with Crippen molar-refractivity contribution >= 4 is 0 Å². The molecule has 1 heteroatoms. The van der Waals surface area contributed by atoms with Crippen LogP contribution in [0.5, 0.6) is 0 Å². The summed E-state index contributed by atoms with van der Waals surface area (Å²) in [4.78, 5) is 0. The lowest BCUT2D eigenvalue weighted by Crippen LogP contribution is -2.31. The summed E-state index contributed by atoms with van der Waals surface area (Å²) in [5, 5.41) is 3.72. The van der Waals surface area contributed by atoms with Crippen LogP contribution in [-0.4, -0.2) is 12.6 Å². The highest BCUT2D eigenvalue weighted by Gasteiger charge is 2.14. The third-order valence-electron chi connectivity index (χ3n) is 4.14. The lowest BCUT2D eigenvalue weighted by Gasteiger charge is -2.21. The van der Waals surface area contributed by atoms with Gasteiger partial charge in [-0.1, -0.05) is 78.1 Å². The number of hydrogen-bond acceptors (Lipinski definition) is 1. The van der Waals surface area contributed by atoms with Gasteiger partial charge in [0.25, 0.3) is 0 Å². The van der Waals surface area contributed by atoms with Crippen molar-refractivity contribution < 1.29 is 0 Å². The predicted octanol–water partition coefficient (Wildman–Crippen LogP) is 5.48. The highest BCUT2D eigenvalue weighted by atomic mass is 14.9. The number of benzene rings is 1. The van der Waals surface area contributed by atoms with Gasteiger partial charge in [0.05, 0.1) is 0 Å². The van der Waals surface area contributed by atoms with E-state index in [1.54, 1.807) is 0 Å². The summed E-state index contributed by atoms with van der Waals surface area (Å²) in [6, 6.07) is 9.88. The van der Waals surface area contributed by atoms with Crippen LogP contribution in [0.4, 0.5) is 0 Å². The summed E-state index contributed by atoms with van der Waals surface area (Å²) in [6.07, 6.45) is 7.68. The smallest absolute Gasteiger partial charge is 0.0107 e. The molecule has 1 unspecified atom stereocenters. The average Bonchev–Trinajstić information content (AvgIpc) is 2.44. The normalized spacial score (nSPS) is 13.4. The topological polar surface area (TPSA) is 12.0 Å². The molecule has 0 radical (unpaired) electrons. The Hall–Kier alpha value is -0.820. The molecule has 0 aliphatic heterocycles. The van der Waals surface area contributed by atoms with E-state index in [0.717, 1.165) is 13.0 Å². The fourth-order valence-corrected chi connectivity index (χ4v) is 2.69. The van der Waals surface area contributed by atoms with E-state index >= 15 is 0 Å². The van der Waals surface area contributed by atoms with Crippen molar-refractivity contribution in [3.63, 3.8) is 0 Å². The zero-order valence-corrected chi connectivity index (χ0v) is 14.8. The van der Waals surface area contributed by atoms with Gasteiger partial charge in [0.15, 0.2) is 0 Å². The zero-order valence-electron chi connectivity index (χ0n) is 14.8. The Kier molecular flexibility index (Phi) is 8.03. The fraction of sp³-hybridized carbons (Fsp3) is 0.700. The first kappa shape index (κ1) is 18.2. The molecule has 0 aliphatic rings. The van der Waals surface area contributed by atoms with Gasteiger partial charge in [0.2, 0.25) is 0 Å². The molecule has 0 bridgehead atoms. The second-order valence-corrected chi connectivity index (χ2v) is 7.30. The van der Waals surface area contributed by atoms with E-state index in [1.807, 2.05) is 0 Å². The average molecular weight is 290 g/mol. The molecule has 1 aromatic carbocycles. The van der Waals surface area contributed by atoms with Crippen LogP contribution in [0.15, 0.2) is 24.3 Å². The first-order chi connectivity index (χ1) is 9.97. The predicted molar refractivity (Wildman–Crippen MR) is 95.1 cm³/mol. The summed E-state index contributed by atoms with van der Waals surface area (Å²) in [7, 11) is 0. The van der Waals surface area contributed by atoms with E-state index in [1.165, 1.54) is 43.2 Å². The summed E-state index contributed by atoms with van der Waals surface area (Å²) in [5.74, 6) is 0. The molecule has 0 aromatic heterocycles. The van der Waals surface area contributed by atoms with Gasteiger partial charge < -0.3 is 5.32 Å². The molecule has 0 heterocycles. The largest absolute Gasteiger partial charge is 0.314 e. The second-order valence-electron chi connectivity index (χ2n) is 7.30. The van der Waals surface area contributed by atoms with Crippen molar-refractivity contribution in [1.82, 2.24) is 5.32 Å². The van der Waals surface area contributed by atoms with Gasteiger partial charge in [0.1, 0.15) is 0 Å². The van der Waals surface area contributed by atoms with Gasteiger partial charge in [0, 0.05) is 6.04 Å². The standard InChI is InChI=1S/C20H35N/c1-6-8-9-10-19(21-15-7-2)16-17-11-13-18(14-12-17)20(3,4)5/h11-14,19,21H,6-10,15-16H2,1-5H3. The van der Waals surface area contributed by atoms with Crippen molar-refractivity contribution in [2.24, 2.45) is 0 Å². The number of unbranched alkanes of at least 4 members (excludes halogenated alkanes) is 2. The maximum atomic E-state index is 3.72. The quantitative estimate of drug-likeness (QED) is 0.594. The first-order valence-electron chi connectivity index (χ1n) is 8.80. The molecule has 1 rings (SSSR count). The number of hydrogen-bond donors (Lipinski definition) is 1. The van der Waals surface area contributed by atoms with Crippen LogP contribution in [0, 0.1) is 0 Å². The Labute approximate surface area is 132 Å². The van der Waals surface area contributed by atoms with Crippen LogP contribution < -0.4 is 5.32 Å². The fourth-order valence-electron chi connectivity index (χ4n) is 2.69. The van der Waals surface area contributed by atoms with Crippen LogP contribution in [0.3, 0.4) is 0 Å². The van der Waals surface area contributed by atoms with E-state index in [4.69, 9.17) is 0 Å². The Balaban J connectivity index is 2.60. The highest BCUT2D eigenvalue weighted by molar-refractivity contribution is 5.28. The van der Waals surface area contributed by atoms with Crippen LogP contribution >= 0.6 is 0 Å². The first-order valence-corrected chi connectivity index (χ1v) is 8.80. The van der Waals surface area contributed by atoms with Gasteiger partial charge in [-0.2, -0.15) is 0 Å². The maximum Gasteiger partial charge on any atom is 0.0107 e. The Morgan fingerprint density at radius 3 is 2.14 bits per heavy atom. The maximum absolute atomic E-state index is 3.72. The molecule has 1 atom stereocenters. The van der Waals surface area contributed by atoms with Gasteiger partial charge in [-0.25, -0.2) is 0 Å². The third-order valence-corrected chi connectivity index (χ3v) is 4.14. The highest BCUT2D eigenvalue weighted by Crippen LogP contribution is 2.22. The van der Waals surface area contributed by atoms with Crippen LogP contribution in [0.1, 0.15) is 77.8 Å². The molecule has 0 fully saturated rings. The van der Waals surface area contributed by atoms with E-state index in [-0.39, 0.29) is 5.41 Å². The monoisotopic (exact) mass is 289 g/mol. The second kappa shape index (κ2) is 9.25. The van der Waals surface area contributed by atoms with Crippen LogP contribution in [0.25, 0.3) is 0 Å². The molecular weight excluding hydrogens is 254 g/mol. The SMILES string of the molecule is CCCCCC(Cc1ccc(C(C)(C)C)cc1)NCCC. The van der Waals surface area contributed by atoms with Gasteiger partial charge >= 0.3 is 0 Å². The van der Waals surface area contributed by atoms with E-state index in [2.05, 4.69) is 64.2 Å². The van der Waals surface area contributed by atoms with Crippen molar-refractivity contribution in [2.45, 2.75) is 84.6 Å². The van der Waals surface area contributed by atoms with Crippen LogP contribution in [0.2, 0.25) is 0 Å². The minimum atomic E-state index is 0.250. The minimum absolute atomic E-state index is 0.250. The van der Waals surface area contributed by atoms with Crippen molar-refractivity contribution in [3.05, 3.63) is 35.4 Å². The molecule has 120 valence electrons. The minimum Gasteiger partial charge on any atom is -0.314 e. The Bertz CT molecular complexity index is 372. The molecule has 0 aliphatic carbocycles. The lowest BCUT2D eigenvalue weighted by atomic mass is 9.86.